The summed E-state index contributed by atoms with van der Waals surface area (Å²) in [6.07, 6.45) is 0. The van der Waals surface area contributed by atoms with Crippen LogP contribution in [0, 0.1) is 17.0 Å². The summed E-state index contributed by atoms with van der Waals surface area (Å²) in [5.41, 5.74) is 2.51. The van der Waals surface area contributed by atoms with Crippen molar-refractivity contribution in [3.05, 3.63) is 85.9 Å². The zero-order valence-electron chi connectivity index (χ0n) is 15.5. The Kier molecular flexibility index (Phi) is 5.42. The normalized spacial score (nSPS) is 10.9. The number of carbonyl (C=O) groups excluding carboxylic acids is 1. The second kappa shape index (κ2) is 8.02. The molecule has 0 radical (unpaired) electrons. The van der Waals surface area contributed by atoms with Crippen LogP contribution in [0.1, 0.15) is 15.9 Å². The number of nitro benzene ring substituents is 1. The van der Waals surface area contributed by atoms with Crippen molar-refractivity contribution in [3.8, 4) is 10.6 Å². The van der Waals surface area contributed by atoms with Gasteiger partial charge in [0.15, 0.2) is 0 Å². The van der Waals surface area contributed by atoms with Crippen LogP contribution in [0.3, 0.4) is 0 Å². The summed E-state index contributed by atoms with van der Waals surface area (Å²) in [5.74, 6) is -0.438. The summed E-state index contributed by atoms with van der Waals surface area (Å²) in [6.45, 7) is 1.58. The molecule has 4 aromatic rings. The highest BCUT2D eigenvalue weighted by atomic mass is 35.5. The van der Waals surface area contributed by atoms with Gasteiger partial charge in [-0.2, -0.15) is 0 Å². The number of nitro groups is 1. The first kappa shape index (κ1) is 20.3. The van der Waals surface area contributed by atoms with Crippen LogP contribution in [0.15, 0.2) is 54.6 Å². The van der Waals surface area contributed by atoms with Crippen molar-refractivity contribution in [1.29, 1.82) is 0 Å². The van der Waals surface area contributed by atoms with Gasteiger partial charge in [-0.15, -0.1) is 11.3 Å². The van der Waals surface area contributed by atoms with Gasteiger partial charge in [0.1, 0.15) is 5.01 Å². The zero-order valence-corrected chi connectivity index (χ0v) is 17.8. The van der Waals surface area contributed by atoms with Gasteiger partial charge in [0.2, 0.25) is 0 Å². The number of amides is 1. The number of thiazole rings is 1. The molecule has 4 rings (SSSR count). The lowest BCUT2D eigenvalue weighted by Gasteiger charge is -2.11. The Hall–Kier alpha value is -3.00. The summed E-state index contributed by atoms with van der Waals surface area (Å²) in [6, 6.07) is 15.1. The highest BCUT2D eigenvalue weighted by Gasteiger charge is 2.17. The van der Waals surface area contributed by atoms with E-state index in [0.717, 1.165) is 10.2 Å². The number of para-hydroxylation sites is 1. The highest BCUT2D eigenvalue weighted by Crippen LogP contribution is 2.39. The summed E-state index contributed by atoms with van der Waals surface area (Å²) in [7, 11) is 0. The first-order valence-electron chi connectivity index (χ1n) is 8.75. The number of halogens is 2. The SMILES string of the molecule is Cc1cc(C(=O)Nc2cc(-c3nc4ccccc4s3)c(Cl)cc2Cl)ccc1[N+](=O)[O-]. The number of aryl methyl sites for hydroxylation is 1. The summed E-state index contributed by atoms with van der Waals surface area (Å²) in [4.78, 5) is 27.8. The van der Waals surface area contributed by atoms with Crippen LogP contribution in [-0.2, 0) is 0 Å². The lowest BCUT2D eigenvalue weighted by Crippen LogP contribution is -2.13. The Balaban J connectivity index is 1.68. The van der Waals surface area contributed by atoms with Gasteiger partial charge >= 0.3 is 0 Å². The predicted molar refractivity (Wildman–Crippen MR) is 121 cm³/mol. The fraction of sp³-hybridized carbons (Fsp3) is 0.0476. The van der Waals surface area contributed by atoms with E-state index in [9.17, 15) is 14.9 Å². The summed E-state index contributed by atoms with van der Waals surface area (Å²) < 4.78 is 1.02. The van der Waals surface area contributed by atoms with Crippen LogP contribution in [-0.4, -0.2) is 15.8 Å². The zero-order chi connectivity index (χ0) is 21.4. The summed E-state index contributed by atoms with van der Waals surface area (Å²) >= 11 is 14.2. The maximum absolute atomic E-state index is 12.7. The molecule has 1 amide bonds. The standard InChI is InChI=1S/C21H13Cl2N3O3S/c1-11-8-12(6-7-18(11)26(28)29)20(27)24-17-9-13(14(22)10-15(17)23)21-25-16-4-2-3-5-19(16)30-21/h2-10H,1H3,(H,24,27). The molecule has 30 heavy (non-hydrogen) atoms. The lowest BCUT2D eigenvalue weighted by molar-refractivity contribution is -0.385. The predicted octanol–water partition coefficient (Wildman–Crippen LogP) is 6.74. The molecule has 0 unspecified atom stereocenters. The molecule has 0 saturated carbocycles. The van der Waals surface area contributed by atoms with Crippen molar-refractivity contribution in [2.45, 2.75) is 6.92 Å². The van der Waals surface area contributed by atoms with E-state index in [-0.39, 0.29) is 16.3 Å². The Bertz CT molecular complexity index is 1290. The van der Waals surface area contributed by atoms with Crippen LogP contribution in [0.25, 0.3) is 20.8 Å². The molecule has 0 bridgehead atoms. The number of carbonyl (C=O) groups is 1. The number of nitrogens with one attached hydrogen (secondary N) is 1. The van der Waals surface area contributed by atoms with E-state index in [1.807, 2.05) is 24.3 Å². The lowest BCUT2D eigenvalue weighted by atomic mass is 10.1. The minimum Gasteiger partial charge on any atom is -0.321 e. The van der Waals surface area contributed by atoms with Crippen molar-refractivity contribution >= 4 is 62.0 Å². The molecule has 1 heterocycles. The van der Waals surface area contributed by atoms with Gasteiger partial charge < -0.3 is 5.32 Å². The monoisotopic (exact) mass is 457 g/mol. The fourth-order valence-electron chi connectivity index (χ4n) is 2.99. The van der Waals surface area contributed by atoms with E-state index < -0.39 is 10.8 Å². The van der Waals surface area contributed by atoms with Crippen LogP contribution in [0.4, 0.5) is 11.4 Å². The highest BCUT2D eigenvalue weighted by molar-refractivity contribution is 7.21. The molecule has 3 aromatic carbocycles. The minimum absolute atomic E-state index is 0.0470. The Morgan fingerprint density at radius 3 is 2.57 bits per heavy atom. The topological polar surface area (TPSA) is 85.1 Å². The molecule has 0 fully saturated rings. The van der Waals surface area contributed by atoms with Gasteiger partial charge in [-0.25, -0.2) is 4.98 Å². The van der Waals surface area contributed by atoms with Gasteiger partial charge in [-0.05, 0) is 43.3 Å². The van der Waals surface area contributed by atoms with Gasteiger partial charge in [-0.1, -0.05) is 35.3 Å². The Morgan fingerprint density at radius 1 is 1.10 bits per heavy atom. The van der Waals surface area contributed by atoms with Gasteiger partial charge in [0.05, 0.1) is 30.9 Å². The molecule has 0 aliphatic heterocycles. The number of aromatic nitrogens is 1. The number of rotatable bonds is 4. The van der Waals surface area contributed by atoms with Crippen molar-refractivity contribution in [2.24, 2.45) is 0 Å². The number of nitrogens with zero attached hydrogens (tertiary/aromatic N) is 2. The molecular weight excluding hydrogens is 445 g/mol. The third-order valence-corrected chi connectivity index (χ3v) is 6.18. The average Bonchev–Trinajstić information content (AvgIpc) is 3.13. The third-order valence-electron chi connectivity index (χ3n) is 4.48. The van der Waals surface area contributed by atoms with Crippen LogP contribution in [0.2, 0.25) is 10.0 Å². The number of benzene rings is 3. The Morgan fingerprint density at radius 2 is 1.87 bits per heavy atom. The molecule has 0 spiro atoms. The van der Waals surface area contributed by atoms with Crippen LogP contribution in [0.5, 0.6) is 0 Å². The molecule has 150 valence electrons. The maximum atomic E-state index is 12.7. The van der Waals surface area contributed by atoms with Crippen LogP contribution >= 0.6 is 34.5 Å². The number of hydrogen-bond acceptors (Lipinski definition) is 5. The molecule has 0 saturated heterocycles. The second-order valence-electron chi connectivity index (χ2n) is 6.51. The third kappa shape index (κ3) is 3.87. The molecular formula is C21H13Cl2N3O3S. The van der Waals surface area contributed by atoms with Crippen LogP contribution < -0.4 is 5.32 Å². The number of anilines is 1. The molecule has 0 aliphatic rings. The molecule has 1 N–H and O–H groups in total. The average molecular weight is 458 g/mol. The van der Waals surface area contributed by atoms with E-state index in [4.69, 9.17) is 23.2 Å². The van der Waals surface area contributed by atoms with Gasteiger partial charge in [0.25, 0.3) is 11.6 Å². The van der Waals surface area contributed by atoms with Crippen molar-refractivity contribution < 1.29 is 9.72 Å². The number of fused-ring (bicyclic) bond motifs is 1. The Labute approximate surface area is 185 Å². The molecule has 9 heteroatoms. The summed E-state index contributed by atoms with van der Waals surface area (Å²) in [5, 5.41) is 15.1. The van der Waals surface area contributed by atoms with Crippen molar-refractivity contribution in [2.75, 3.05) is 5.32 Å². The number of hydrogen-bond donors (Lipinski definition) is 1. The minimum atomic E-state index is -0.489. The quantitative estimate of drug-likeness (QED) is 0.271. The largest absolute Gasteiger partial charge is 0.321 e. The van der Waals surface area contributed by atoms with E-state index in [2.05, 4.69) is 10.3 Å². The maximum Gasteiger partial charge on any atom is 0.272 e. The van der Waals surface area contributed by atoms with Crippen molar-refractivity contribution in [3.63, 3.8) is 0 Å². The fourth-order valence-corrected chi connectivity index (χ4v) is 4.56. The first-order valence-corrected chi connectivity index (χ1v) is 10.3. The van der Waals surface area contributed by atoms with E-state index in [0.29, 0.717) is 26.8 Å². The van der Waals surface area contributed by atoms with Gasteiger partial charge in [0, 0.05) is 22.8 Å². The van der Waals surface area contributed by atoms with Crippen molar-refractivity contribution in [1.82, 2.24) is 4.98 Å². The smallest absolute Gasteiger partial charge is 0.272 e. The van der Waals surface area contributed by atoms with Gasteiger partial charge in [-0.3, -0.25) is 14.9 Å². The first-order chi connectivity index (χ1) is 14.3. The second-order valence-corrected chi connectivity index (χ2v) is 8.36. The molecule has 6 nitrogen and oxygen atoms in total. The molecule has 0 aliphatic carbocycles. The van der Waals surface area contributed by atoms with E-state index in [1.54, 1.807) is 19.1 Å². The molecule has 0 atom stereocenters. The molecule has 1 aromatic heterocycles. The van der Waals surface area contributed by atoms with E-state index >= 15 is 0 Å². The van der Waals surface area contributed by atoms with E-state index in [1.165, 1.54) is 29.5 Å².